The molecule has 2 atom stereocenters. The lowest BCUT2D eigenvalue weighted by Crippen LogP contribution is -2.26. The highest BCUT2D eigenvalue weighted by molar-refractivity contribution is 9.10. The van der Waals surface area contributed by atoms with E-state index in [2.05, 4.69) is 46.8 Å². The van der Waals surface area contributed by atoms with E-state index in [0.29, 0.717) is 6.04 Å². The average Bonchev–Trinajstić information content (AvgIpc) is 2.51. The minimum absolute atomic E-state index is 0.694. The lowest BCUT2D eigenvalue weighted by atomic mass is 10.1. The van der Waals surface area contributed by atoms with Crippen molar-refractivity contribution in [2.75, 3.05) is 12.3 Å². The summed E-state index contributed by atoms with van der Waals surface area (Å²) in [6.07, 6.45) is 1.31. The van der Waals surface area contributed by atoms with Crippen molar-refractivity contribution in [1.82, 2.24) is 4.90 Å². The fourth-order valence-corrected chi connectivity index (χ4v) is 2.78. The summed E-state index contributed by atoms with van der Waals surface area (Å²) in [4.78, 5) is 2.54. The number of anilines is 1. The summed E-state index contributed by atoms with van der Waals surface area (Å²) in [7, 11) is 0. The third-order valence-electron chi connectivity index (χ3n) is 3.36. The number of nitrogens with two attached hydrogens (primary N) is 1. The van der Waals surface area contributed by atoms with Crippen LogP contribution in [0.1, 0.15) is 25.8 Å². The molecule has 0 radical (unpaired) electrons. The molecule has 2 unspecified atom stereocenters. The fourth-order valence-electron chi connectivity index (χ4n) is 2.53. The van der Waals surface area contributed by atoms with Crippen LogP contribution < -0.4 is 5.73 Å². The number of nitrogens with zero attached hydrogens (tertiary/aromatic N) is 1. The Kier molecular flexibility index (Phi) is 3.55. The second-order valence-electron chi connectivity index (χ2n) is 4.98. The summed E-state index contributed by atoms with van der Waals surface area (Å²) in [6.45, 7) is 6.86. The molecule has 1 heterocycles. The monoisotopic (exact) mass is 282 g/mol. The Morgan fingerprint density at radius 3 is 2.75 bits per heavy atom. The Morgan fingerprint density at radius 2 is 2.19 bits per heavy atom. The summed E-state index contributed by atoms with van der Waals surface area (Å²) in [5.41, 5.74) is 8.03. The van der Waals surface area contributed by atoms with Gasteiger partial charge in [0.15, 0.2) is 0 Å². The van der Waals surface area contributed by atoms with Crippen LogP contribution in [0.2, 0.25) is 0 Å². The quantitative estimate of drug-likeness (QED) is 0.844. The van der Waals surface area contributed by atoms with Gasteiger partial charge in [-0.15, -0.1) is 0 Å². The number of likely N-dealkylation sites (tertiary alicyclic amines) is 1. The number of benzene rings is 1. The van der Waals surface area contributed by atoms with E-state index in [9.17, 15) is 0 Å². The van der Waals surface area contributed by atoms with Gasteiger partial charge in [-0.1, -0.05) is 13.0 Å². The third kappa shape index (κ3) is 2.58. The highest BCUT2D eigenvalue weighted by atomic mass is 79.9. The van der Waals surface area contributed by atoms with Crippen LogP contribution in [0.25, 0.3) is 0 Å². The molecular weight excluding hydrogens is 264 g/mol. The predicted octanol–water partition coefficient (Wildman–Crippen LogP) is 3.26. The van der Waals surface area contributed by atoms with Crippen molar-refractivity contribution in [3.63, 3.8) is 0 Å². The van der Waals surface area contributed by atoms with E-state index in [4.69, 9.17) is 5.73 Å². The van der Waals surface area contributed by atoms with Crippen LogP contribution >= 0.6 is 15.9 Å². The van der Waals surface area contributed by atoms with Gasteiger partial charge in [0.2, 0.25) is 0 Å². The van der Waals surface area contributed by atoms with Crippen molar-refractivity contribution in [2.24, 2.45) is 5.92 Å². The molecule has 0 aliphatic carbocycles. The maximum Gasteiger partial charge on any atom is 0.0461 e. The van der Waals surface area contributed by atoms with Gasteiger partial charge in [0.25, 0.3) is 0 Å². The first-order valence-corrected chi connectivity index (χ1v) is 6.63. The van der Waals surface area contributed by atoms with Gasteiger partial charge in [0, 0.05) is 29.3 Å². The normalized spacial score (nSPS) is 26.2. The molecule has 2 N–H and O–H groups in total. The Bertz CT molecular complexity index is 378. The Balaban J connectivity index is 2.06. The molecule has 1 aliphatic rings. The second-order valence-corrected chi connectivity index (χ2v) is 5.83. The number of nitrogen functional groups attached to an aromatic ring is 1. The molecular formula is C13H19BrN2. The molecule has 1 aromatic rings. The number of hydrogen-bond acceptors (Lipinski definition) is 2. The summed E-state index contributed by atoms with van der Waals surface area (Å²) >= 11 is 3.42. The zero-order chi connectivity index (χ0) is 11.7. The van der Waals surface area contributed by atoms with Crippen LogP contribution in [0.4, 0.5) is 5.69 Å². The SMILES string of the molecule is CC1CC(C)N(Cc2ccc(Br)c(N)c2)C1. The summed E-state index contributed by atoms with van der Waals surface area (Å²) in [5, 5.41) is 0. The van der Waals surface area contributed by atoms with Crippen molar-refractivity contribution in [3.8, 4) is 0 Å². The molecule has 1 aliphatic heterocycles. The van der Waals surface area contributed by atoms with Crippen molar-refractivity contribution in [1.29, 1.82) is 0 Å². The smallest absolute Gasteiger partial charge is 0.0461 e. The van der Waals surface area contributed by atoms with Gasteiger partial charge in [0.05, 0.1) is 0 Å². The highest BCUT2D eigenvalue weighted by Crippen LogP contribution is 2.26. The van der Waals surface area contributed by atoms with Crippen LogP contribution in [0, 0.1) is 5.92 Å². The standard InChI is InChI=1S/C13H19BrN2/c1-9-5-10(2)16(7-9)8-11-3-4-12(14)13(15)6-11/h3-4,6,9-10H,5,7-8,15H2,1-2H3. The average molecular weight is 283 g/mol. The van der Waals surface area contributed by atoms with Crippen LogP contribution in [0.3, 0.4) is 0 Å². The highest BCUT2D eigenvalue weighted by Gasteiger charge is 2.25. The first-order chi connectivity index (χ1) is 7.56. The Labute approximate surface area is 106 Å². The topological polar surface area (TPSA) is 29.3 Å². The largest absolute Gasteiger partial charge is 0.398 e. The van der Waals surface area contributed by atoms with Gasteiger partial charge in [-0.3, -0.25) is 4.90 Å². The Morgan fingerprint density at radius 1 is 1.44 bits per heavy atom. The molecule has 2 nitrogen and oxygen atoms in total. The molecule has 0 aromatic heterocycles. The molecule has 1 fully saturated rings. The van der Waals surface area contributed by atoms with Crippen LogP contribution in [-0.2, 0) is 6.54 Å². The van der Waals surface area contributed by atoms with Crippen LogP contribution in [0.15, 0.2) is 22.7 Å². The van der Waals surface area contributed by atoms with Gasteiger partial charge in [-0.2, -0.15) is 0 Å². The van der Waals surface area contributed by atoms with E-state index in [1.165, 1.54) is 18.5 Å². The van der Waals surface area contributed by atoms with E-state index < -0.39 is 0 Å². The van der Waals surface area contributed by atoms with E-state index >= 15 is 0 Å². The second kappa shape index (κ2) is 4.76. The van der Waals surface area contributed by atoms with Gasteiger partial charge >= 0.3 is 0 Å². The molecule has 0 bridgehead atoms. The van der Waals surface area contributed by atoms with Crippen LogP contribution in [-0.4, -0.2) is 17.5 Å². The molecule has 0 spiro atoms. The maximum atomic E-state index is 5.89. The number of rotatable bonds is 2. The lowest BCUT2D eigenvalue weighted by Gasteiger charge is -2.21. The first-order valence-electron chi connectivity index (χ1n) is 5.84. The van der Waals surface area contributed by atoms with Crippen molar-refractivity contribution < 1.29 is 0 Å². The van der Waals surface area contributed by atoms with E-state index in [0.717, 1.165) is 22.6 Å². The van der Waals surface area contributed by atoms with Gasteiger partial charge in [0.1, 0.15) is 0 Å². The molecule has 0 amide bonds. The van der Waals surface area contributed by atoms with Gasteiger partial charge in [-0.25, -0.2) is 0 Å². The fraction of sp³-hybridized carbons (Fsp3) is 0.538. The number of halogens is 1. The summed E-state index contributed by atoms with van der Waals surface area (Å²) in [6, 6.07) is 6.95. The summed E-state index contributed by atoms with van der Waals surface area (Å²) in [5.74, 6) is 0.822. The predicted molar refractivity (Wildman–Crippen MR) is 72.2 cm³/mol. The maximum absolute atomic E-state index is 5.89. The molecule has 88 valence electrons. The molecule has 2 rings (SSSR count). The van der Waals surface area contributed by atoms with Gasteiger partial charge < -0.3 is 5.73 Å². The zero-order valence-electron chi connectivity index (χ0n) is 9.91. The van der Waals surface area contributed by atoms with E-state index in [1.807, 2.05) is 6.07 Å². The molecule has 16 heavy (non-hydrogen) atoms. The minimum Gasteiger partial charge on any atom is -0.398 e. The van der Waals surface area contributed by atoms with E-state index in [-0.39, 0.29) is 0 Å². The summed E-state index contributed by atoms with van der Waals surface area (Å²) < 4.78 is 0.985. The molecule has 1 aromatic carbocycles. The van der Waals surface area contributed by atoms with Crippen LogP contribution in [0.5, 0.6) is 0 Å². The Hall–Kier alpha value is -0.540. The lowest BCUT2D eigenvalue weighted by molar-refractivity contribution is 0.256. The van der Waals surface area contributed by atoms with Gasteiger partial charge in [-0.05, 0) is 52.9 Å². The molecule has 1 saturated heterocycles. The zero-order valence-corrected chi connectivity index (χ0v) is 11.5. The third-order valence-corrected chi connectivity index (χ3v) is 4.08. The van der Waals surface area contributed by atoms with E-state index in [1.54, 1.807) is 0 Å². The van der Waals surface area contributed by atoms with Crippen molar-refractivity contribution >= 4 is 21.6 Å². The molecule has 0 saturated carbocycles. The molecule has 3 heteroatoms. The minimum atomic E-state index is 0.694. The van der Waals surface area contributed by atoms with Crippen molar-refractivity contribution in [3.05, 3.63) is 28.2 Å². The van der Waals surface area contributed by atoms with Crippen molar-refractivity contribution in [2.45, 2.75) is 32.9 Å². The number of hydrogen-bond donors (Lipinski definition) is 1. The first kappa shape index (κ1) is 11.9.